The molecule has 3 heterocycles. The fourth-order valence-electron chi connectivity index (χ4n) is 5.60. The number of aliphatic hydroxyl groups excluding tert-OH is 1. The molecule has 186 valence electrons. The molecule has 34 heavy (non-hydrogen) atoms. The van der Waals surface area contributed by atoms with Gasteiger partial charge in [-0.05, 0) is 57.9 Å². The lowest BCUT2D eigenvalue weighted by molar-refractivity contribution is -0.141. The summed E-state index contributed by atoms with van der Waals surface area (Å²) in [5.74, 6) is -1.69. The van der Waals surface area contributed by atoms with Crippen molar-refractivity contribution in [3.05, 3.63) is 24.3 Å². The molecule has 3 amide bonds. The van der Waals surface area contributed by atoms with Crippen LogP contribution in [0.1, 0.15) is 33.6 Å². The predicted molar refractivity (Wildman–Crippen MR) is 129 cm³/mol. The number of hydrogen-bond acceptors (Lipinski definition) is 6. The first-order valence-corrected chi connectivity index (χ1v) is 12.7. The second kappa shape index (κ2) is 9.83. The molecule has 3 fully saturated rings. The maximum absolute atomic E-state index is 13.6. The molecule has 0 aliphatic carbocycles. The fraction of sp³-hybridized carbons (Fsp3) is 0.625. The second-order valence-electron chi connectivity index (χ2n) is 9.38. The molecule has 9 nitrogen and oxygen atoms in total. The summed E-state index contributed by atoms with van der Waals surface area (Å²) in [7, 11) is 0. The monoisotopic (exact) mass is 537 g/mol. The summed E-state index contributed by atoms with van der Waals surface area (Å²) in [5.41, 5.74) is -0.501. The van der Waals surface area contributed by atoms with E-state index in [9.17, 15) is 19.5 Å². The van der Waals surface area contributed by atoms with E-state index < -0.39 is 29.6 Å². The van der Waals surface area contributed by atoms with Gasteiger partial charge < -0.3 is 30.1 Å². The summed E-state index contributed by atoms with van der Waals surface area (Å²) in [6.07, 6.45) is 0.266. The number of aliphatic hydroxyl groups is 1. The van der Waals surface area contributed by atoms with E-state index >= 15 is 0 Å². The first-order chi connectivity index (χ1) is 16.2. The van der Waals surface area contributed by atoms with E-state index in [1.54, 1.807) is 24.3 Å². The van der Waals surface area contributed by atoms with Gasteiger partial charge in [0.1, 0.15) is 17.4 Å². The van der Waals surface area contributed by atoms with E-state index in [-0.39, 0.29) is 41.7 Å². The number of ether oxygens (including phenoxy) is 2. The number of carbonyl (C=O) groups is 3. The average Bonchev–Trinajstić information content (AvgIpc) is 3.36. The van der Waals surface area contributed by atoms with Gasteiger partial charge in [0.15, 0.2) is 0 Å². The Kier molecular flexibility index (Phi) is 7.21. The number of nitrogens with one attached hydrogen (secondary N) is 2. The highest BCUT2D eigenvalue weighted by Crippen LogP contribution is 2.60. The minimum Gasteiger partial charge on any atom is -0.494 e. The van der Waals surface area contributed by atoms with Crippen molar-refractivity contribution in [2.24, 2.45) is 11.8 Å². The number of rotatable bonds is 9. The molecule has 1 aromatic carbocycles. The van der Waals surface area contributed by atoms with E-state index in [1.807, 2.05) is 20.8 Å². The summed E-state index contributed by atoms with van der Waals surface area (Å²) in [6, 6.07) is 6.08. The van der Waals surface area contributed by atoms with Gasteiger partial charge in [-0.15, -0.1) is 0 Å². The van der Waals surface area contributed by atoms with Gasteiger partial charge in [0.05, 0.1) is 24.5 Å². The summed E-state index contributed by atoms with van der Waals surface area (Å²) >= 11 is 3.64. The van der Waals surface area contributed by atoms with Crippen LogP contribution >= 0.6 is 15.9 Å². The van der Waals surface area contributed by atoms with Crippen molar-refractivity contribution in [1.29, 1.82) is 0 Å². The van der Waals surface area contributed by atoms with Crippen LogP contribution in [-0.4, -0.2) is 76.1 Å². The predicted octanol–water partition coefficient (Wildman–Crippen LogP) is 1.68. The van der Waals surface area contributed by atoms with E-state index in [1.165, 1.54) is 4.90 Å². The van der Waals surface area contributed by atoms with Gasteiger partial charge in [-0.3, -0.25) is 14.4 Å². The van der Waals surface area contributed by atoms with Crippen molar-refractivity contribution >= 4 is 39.3 Å². The number of fused-ring (bicyclic) bond motifs is 1. The number of alkyl halides is 1. The van der Waals surface area contributed by atoms with Crippen LogP contribution < -0.4 is 15.4 Å². The van der Waals surface area contributed by atoms with Crippen LogP contribution in [0.15, 0.2) is 24.3 Å². The first-order valence-electron chi connectivity index (χ1n) is 11.8. The average molecular weight is 538 g/mol. The quantitative estimate of drug-likeness (QED) is 0.412. The Balaban J connectivity index is 1.63. The Bertz CT molecular complexity index is 941. The molecule has 3 aliphatic heterocycles. The highest BCUT2D eigenvalue weighted by molar-refractivity contribution is 9.09. The molecule has 4 rings (SSSR count). The Labute approximate surface area is 207 Å². The Morgan fingerprint density at radius 3 is 2.62 bits per heavy atom. The molecular weight excluding hydrogens is 506 g/mol. The molecule has 0 saturated carbocycles. The van der Waals surface area contributed by atoms with Gasteiger partial charge in [-0.1, -0.05) is 15.9 Å². The van der Waals surface area contributed by atoms with Crippen LogP contribution in [0.4, 0.5) is 5.69 Å². The van der Waals surface area contributed by atoms with Crippen LogP contribution in [0.3, 0.4) is 0 Å². The number of halogens is 1. The third-order valence-corrected chi connectivity index (χ3v) is 7.61. The highest BCUT2D eigenvalue weighted by Gasteiger charge is 2.76. The Hall–Kier alpha value is -2.17. The summed E-state index contributed by atoms with van der Waals surface area (Å²) in [6.45, 7) is 6.27. The molecule has 6 atom stereocenters. The molecule has 10 heteroatoms. The zero-order chi connectivity index (χ0) is 24.6. The van der Waals surface area contributed by atoms with Gasteiger partial charge in [-0.25, -0.2) is 0 Å². The molecule has 0 aromatic heterocycles. The molecule has 3 aliphatic rings. The number of nitrogens with zero attached hydrogens (tertiary/aromatic N) is 1. The number of likely N-dealkylation sites (tertiary alicyclic amines) is 1. The summed E-state index contributed by atoms with van der Waals surface area (Å²) < 4.78 is 11.9. The van der Waals surface area contributed by atoms with Crippen LogP contribution in [0.5, 0.6) is 5.75 Å². The smallest absolute Gasteiger partial charge is 0.246 e. The molecule has 1 spiro atoms. The molecule has 2 bridgehead atoms. The molecule has 1 aromatic rings. The van der Waals surface area contributed by atoms with Crippen molar-refractivity contribution in [3.8, 4) is 5.75 Å². The number of carbonyl (C=O) groups excluding carboxylic acids is 3. The standard InChI is InChI=1S/C24H32BrN3O6/c1-4-33-15-8-6-14(7-9-15)27-21(30)17-18-23(32)28(10-5-11-29)20(22(31)26-13(2)3)24(18)12-16(25)19(17)34-24/h6-9,13,16-20,29H,4-5,10-12H2,1-3H3,(H,26,31)(H,27,30)/t16?,17-,18+,19-,20?,24?/m1/s1. The zero-order valence-corrected chi connectivity index (χ0v) is 21.2. The second-order valence-corrected chi connectivity index (χ2v) is 10.6. The molecular formula is C24H32BrN3O6. The van der Waals surface area contributed by atoms with Crippen molar-refractivity contribution in [1.82, 2.24) is 10.2 Å². The molecule has 3 unspecified atom stereocenters. The van der Waals surface area contributed by atoms with Gasteiger partial charge in [0.25, 0.3) is 0 Å². The van der Waals surface area contributed by atoms with Crippen molar-refractivity contribution in [2.75, 3.05) is 25.1 Å². The van der Waals surface area contributed by atoms with E-state index in [0.717, 1.165) is 0 Å². The lowest BCUT2D eigenvalue weighted by atomic mass is 9.70. The van der Waals surface area contributed by atoms with Crippen molar-refractivity contribution < 1.29 is 29.0 Å². The van der Waals surface area contributed by atoms with Crippen LogP contribution in [-0.2, 0) is 19.1 Å². The third-order valence-electron chi connectivity index (χ3n) is 6.76. The molecule has 0 radical (unpaired) electrons. The van der Waals surface area contributed by atoms with Crippen LogP contribution in [0.25, 0.3) is 0 Å². The SMILES string of the molecule is CCOc1ccc(NC(=O)[C@H]2[C@@H]3OC4(CC3Br)C(C(=O)NC(C)C)N(CCCO)C(=O)[C@H]24)cc1. The largest absolute Gasteiger partial charge is 0.494 e. The van der Waals surface area contributed by atoms with Gasteiger partial charge in [0, 0.05) is 29.7 Å². The Morgan fingerprint density at radius 2 is 2.00 bits per heavy atom. The first kappa shape index (κ1) is 24.9. The zero-order valence-electron chi connectivity index (χ0n) is 19.6. The topological polar surface area (TPSA) is 117 Å². The lowest BCUT2D eigenvalue weighted by Crippen LogP contribution is -2.56. The van der Waals surface area contributed by atoms with Crippen LogP contribution in [0.2, 0.25) is 0 Å². The normalized spacial score (nSPS) is 31.6. The lowest BCUT2D eigenvalue weighted by Gasteiger charge is -2.34. The summed E-state index contributed by atoms with van der Waals surface area (Å²) in [5, 5.41) is 15.2. The highest BCUT2D eigenvalue weighted by atomic mass is 79.9. The maximum Gasteiger partial charge on any atom is 0.246 e. The molecule has 3 N–H and O–H groups in total. The van der Waals surface area contributed by atoms with E-state index in [2.05, 4.69) is 26.6 Å². The van der Waals surface area contributed by atoms with E-state index in [0.29, 0.717) is 30.9 Å². The van der Waals surface area contributed by atoms with Crippen LogP contribution in [0, 0.1) is 11.8 Å². The number of benzene rings is 1. The number of amides is 3. The van der Waals surface area contributed by atoms with E-state index in [4.69, 9.17) is 9.47 Å². The van der Waals surface area contributed by atoms with Crippen molar-refractivity contribution in [2.45, 2.75) is 62.2 Å². The third kappa shape index (κ3) is 4.20. The Morgan fingerprint density at radius 1 is 1.29 bits per heavy atom. The summed E-state index contributed by atoms with van der Waals surface area (Å²) in [4.78, 5) is 41.7. The maximum atomic E-state index is 13.6. The van der Waals surface area contributed by atoms with Gasteiger partial charge in [0.2, 0.25) is 17.7 Å². The fourth-order valence-corrected chi connectivity index (χ4v) is 6.54. The molecule has 3 saturated heterocycles. The minimum absolute atomic E-state index is 0.105. The van der Waals surface area contributed by atoms with Crippen molar-refractivity contribution in [3.63, 3.8) is 0 Å². The minimum atomic E-state index is -1.09. The van der Waals surface area contributed by atoms with Gasteiger partial charge >= 0.3 is 0 Å². The van der Waals surface area contributed by atoms with Gasteiger partial charge in [-0.2, -0.15) is 0 Å². The number of anilines is 1. The number of hydrogen-bond donors (Lipinski definition) is 3.